The van der Waals surface area contributed by atoms with E-state index < -0.39 is 0 Å². The highest BCUT2D eigenvalue weighted by Crippen LogP contribution is 2.22. The Morgan fingerprint density at radius 3 is 1.68 bits per heavy atom. The molecule has 1 aliphatic heterocycles. The van der Waals surface area contributed by atoms with Crippen LogP contribution in [0.3, 0.4) is 0 Å². The summed E-state index contributed by atoms with van der Waals surface area (Å²) in [6.45, 7) is 6.96. The van der Waals surface area contributed by atoms with E-state index in [9.17, 15) is 0 Å². The Hall–Kier alpha value is -1.44. The molecule has 0 saturated heterocycles. The van der Waals surface area contributed by atoms with Crippen molar-refractivity contribution in [2.45, 2.75) is 103 Å². The highest BCUT2D eigenvalue weighted by atomic mass is 15.4. The predicted octanol–water partition coefficient (Wildman–Crippen LogP) is 7.37. The van der Waals surface area contributed by atoms with Gasteiger partial charge < -0.3 is 9.80 Å². The Morgan fingerprint density at radius 1 is 0.607 bits per heavy atom. The Kier molecular flexibility index (Phi) is 11.9. The van der Waals surface area contributed by atoms with Gasteiger partial charge in [0.25, 0.3) is 0 Å². The number of rotatable bonds is 16. The fourth-order valence-corrected chi connectivity index (χ4v) is 4.19. The van der Waals surface area contributed by atoms with Gasteiger partial charge in [0.2, 0.25) is 0 Å². The van der Waals surface area contributed by atoms with Crippen LogP contribution in [0, 0.1) is 0 Å². The van der Waals surface area contributed by atoms with E-state index >= 15 is 0 Å². The normalized spacial score (nSPS) is 16.3. The van der Waals surface area contributed by atoms with Gasteiger partial charge >= 0.3 is 0 Å². The molecule has 2 nitrogen and oxygen atoms in total. The predicted molar refractivity (Wildman–Crippen MR) is 123 cm³/mol. The van der Waals surface area contributed by atoms with Crippen LogP contribution in [-0.2, 0) is 6.42 Å². The second-order valence-corrected chi connectivity index (χ2v) is 8.48. The summed E-state index contributed by atoms with van der Waals surface area (Å²) in [6, 6.07) is 11.0. The molecule has 2 heteroatoms. The van der Waals surface area contributed by atoms with Crippen LogP contribution in [0.25, 0.3) is 0 Å². The van der Waals surface area contributed by atoms with Gasteiger partial charge in [-0.2, -0.15) is 0 Å². The fraction of sp³-hybridized carbons (Fsp3) is 0.692. The summed E-state index contributed by atoms with van der Waals surface area (Å²) in [7, 11) is 0. The smallest absolute Gasteiger partial charge is 0.105 e. The zero-order valence-corrected chi connectivity index (χ0v) is 18.6. The van der Waals surface area contributed by atoms with Crippen molar-refractivity contribution < 1.29 is 0 Å². The molecule has 1 aromatic rings. The van der Waals surface area contributed by atoms with E-state index in [1.165, 1.54) is 95.7 Å². The molecule has 0 aromatic heterocycles. The van der Waals surface area contributed by atoms with E-state index in [1.807, 2.05) is 0 Å². The summed E-state index contributed by atoms with van der Waals surface area (Å²) in [4.78, 5) is 5.15. The fourth-order valence-electron chi connectivity index (χ4n) is 4.19. The number of benzene rings is 1. The molecule has 1 aliphatic rings. The lowest BCUT2D eigenvalue weighted by Crippen LogP contribution is -2.41. The Bertz CT molecular complexity index is 510. The van der Waals surface area contributed by atoms with Crippen molar-refractivity contribution in [1.29, 1.82) is 0 Å². The molecule has 158 valence electrons. The lowest BCUT2D eigenvalue weighted by molar-refractivity contribution is 0.148. The molecule has 0 saturated carbocycles. The molecule has 1 atom stereocenters. The van der Waals surface area contributed by atoms with Gasteiger partial charge in [0.1, 0.15) is 6.17 Å². The molecule has 0 N–H and O–H groups in total. The largest absolute Gasteiger partial charge is 0.356 e. The van der Waals surface area contributed by atoms with E-state index in [0.717, 1.165) is 6.42 Å². The van der Waals surface area contributed by atoms with Crippen molar-refractivity contribution in [3.05, 3.63) is 48.3 Å². The molecule has 0 amide bonds. The van der Waals surface area contributed by atoms with Crippen molar-refractivity contribution >= 4 is 0 Å². The summed E-state index contributed by atoms with van der Waals surface area (Å²) in [5.41, 5.74) is 1.45. The van der Waals surface area contributed by atoms with Gasteiger partial charge in [0.15, 0.2) is 0 Å². The second kappa shape index (κ2) is 14.5. The minimum Gasteiger partial charge on any atom is -0.356 e. The van der Waals surface area contributed by atoms with Crippen LogP contribution in [0.4, 0.5) is 0 Å². The number of hydrogen-bond acceptors (Lipinski definition) is 2. The van der Waals surface area contributed by atoms with Gasteiger partial charge in [0, 0.05) is 31.9 Å². The molecule has 1 heterocycles. The second-order valence-electron chi connectivity index (χ2n) is 8.48. The van der Waals surface area contributed by atoms with Gasteiger partial charge in [-0.3, -0.25) is 0 Å². The van der Waals surface area contributed by atoms with E-state index in [1.54, 1.807) is 0 Å². The maximum atomic E-state index is 2.59. The molecule has 2 rings (SSSR count). The van der Waals surface area contributed by atoms with E-state index in [0.29, 0.717) is 6.17 Å². The summed E-state index contributed by atoms with van der Waals surface area (Å²) in [5, 5.41) is 0. The standard InChI is InChI=1S/C26H44N2/c1-3-5-7-8-9-10-11-12-13-17-21-28-23-22-27(20-6-4-2)26(28)24-25-18-15-14-16-19-25/h14-16,18-19,22-23,26H,3-13,17,20-21,24H2,1-2H3. The van der Waals surface area contributed by atoms with Gasteiger partial charge in [-0.25, -0.2) is 0 Å². The van der Waals surface area contributed by atoms with Crippen LogP contribution in [0.15, 0.2) is 42.7 Å². The minimum absolute atomic E-state index is 0.507. The van der Waals surface area contributed by atoms with Crippen LogP contribution in [-0.4, -0.2) is 29.1 Å². The van der Waals surface area contributed by atoms with E-state index in [2.05, 4.69) is 66.4 Å². The van der Waals surface area contributed by atoms with Crippen LogP contribution in [0.1, 0.15) is 96.5 Å². The first-order valence-electron chi connectivity index (χ1n) is 12.1. The zero-order valence-electron chi connectivity index (χ0n) is 18.6. The third-order valence-corrected chi connectivity index (χ3v) is 6.02. The molecular formula is C26H44N2. The molecular weight excluding hydrogens is 340 g/mol. The van der Waals surface area contributed by atoms with Gasteiger partial charge in [-0.05, 0) is 18.4 Å². The van der Waals surface area contributed by atoms with Gasteiger partial charge in [-0.1, -0.05) is 108 Å². The molecule has 28 heavy (non-hydrogen) atoms. The van der Waals surface area contributed by atoms with Crippen molar-refractivity contribution in [3.8, 4) is 0 Å². The van der Waals surface area contributed by atoms with Crippen molar-refractivity contribution in [2.24, 2.45) is 0 Å². The highest BCUT2D eigenvalue weighted by Gasteiger charge is 2.25. The maximum absolute atomic E-state index is 2.59. The Labute approximate surface area is 175 Å². The SMILES string of the molecule is CCCCCCCCCCCCN1C=CN(CCCC)C1Cc1ccccc1. The average molecular weight is 385 g/mol. The van der Waals surface area contributed by atoms with Crippen LogP contribution < -0.4 is 0 Å². The minimum atomic E-state index is 0.507. The lowest BCUT2D eigenvalue weighted by Gasteiger charge is -2.33. The molecule has 1 aromatic carbocycles. The van der Waals surface area contributed by atoms with Crippen LogP contribution in [0.2, 0.25) is 0 Å². The topological polar surface area (TPSA) is 6.48 Å². The Morgan fingerprint density at radius 2 is 1.11 bits per heavy atom. The summed E-state index contributed by atoms with van der Waals surface area (Å²) in [6.07, 6.45) is 22.9. The maximum Gasteiger partial charge on any atom is 0.105 e. The molecule has 0 radical (unpaired) electrons. The van der Waals surface area contributed by atoms with E-state index in [-0.39, 0.29) is 0 Å². The van der Waals surface area contributed by atoms with Crippen LogP contribution >= 0.6 is 0 Å². The van der Waals surface area contributed by atoms with Crippen molar-refractivity contribution in [1.82, 2.24) is 9.80 Å². The third kappa shape index (κ3) is 8.71. The summed E-state index contributed by atoms with van der Waals surface area (Å²) >= 11 is 0. The monoisotopic (exact) mass is 384 g/mol. The molecule has 0 fully saturated rings. The number of unbranched alkanes of at least 4 members (excludes halogenated alkanes) is 10. The molecule has 1 unspecified atom stereocenters. The molecule has 0 bridgehead atoms. The van der Waals surface area contributed by atoms with E-state index in [4.69, 9.17) is 0 Å². The van der Waals surface area contributed by atoms with Crippen molar-refractivity contribution in [2.75, 3.05) is 13.1 Å². The Balaban J connectivity index is 1.66. The first-order chi connectivity index (χ1) is 13.8. The first kappa shape index (κ1) is 22.8. The summed E-state index contributed by atoms with van der Waals surface area (Å²) < 4.78 is 0. The van der Waals surface area contributed by atoms with Crippen LogP contribution in [0.5, 0.6) is 0 Å². The average Bonchev–Trinajstić information content (AvgIpc) is 3.10. The quantitative estimate of drug-likeness (QED) is 0.275. The molecule has 0 spiro atoms. The zero-order chi connectivity index (χ0) is 19.9. The number of hydrogen-bond donors (Lipinski definition) is 0. The highest BCUT2D eigenvalue weighted by molar-refractivity contribution is 5.17. The third-order valence-electron chi connectivity index (χ3n) is 6.02. The number of nitrogens with zero attached hydrogens (tertiary/aromatic N) is 2. The van der Waals surface area contributed by atoms with Gasteiger partial charge in [-0.15, -0.1) is 0 Å². The summed E-state index contributed by atoms with van der Waals surface area (Å²) in [5.74, 6) is 0. The first-order valence-corrected chi connectivity index (χ1v) is 12.1. The lowest BCUT2D eigenvalue weighted by atomic mass is 10.1. The van der Waals surface area contributed by atoms with Gasteiger partial charge in [0.05, 0.1) is 0 Å². The molecule has 0 aliphatic carbocycles. The van der Waals surface area contributed by atoms with Crippen molar-refractivity contribution in [3.63, 3.8) is 0 Å².